The van der Waals surface area contributed by atoms with Crippen LogP contribution in [-0.2, 0) is 9.53 Å². The van der Waals surface area contributed by atoms with Crippen LogP contribution in [0.2, 0.25) is 0 Å². The first-order valence-corrected chi connectivity index (χ1v) is 6.30. The van der Waals surface area contributed by atoms with Gasteiger partial charge in [-0.05, 0) is 34.8 Å². The largest absolute Gasteiger partial charge is 0.467 e. The lowest BCUT2D eigenvalue weighted by molar-refractivity contribution is -0.144. The van der Waals surface area contributed by atoms with Gasteiger partial charge in [0.15, 0.2) is 10.4 Å². The second kappa shape index (κ2) is 6.04. The summed E-state index contributed by atoms with van der Waals surface area (Å²) in [5, 5.41) is 2.61. The Balaban J connectivity index is 2.85. The Labute approximate surface area is 114 Å². The highest BCUT2D eigenvalue weighted by Gasteiger charge is 2.27. The fourth-order valence-electron chi connectivity index (χ4n) is 1.50. The summed E-state index contributed by atoms with van der Waals surface area (Å²) in [6.45, 7) is 5.41. The molecule has 0 aliphatic rings. The lowest BCUT2D eigenvalue weighted by Gasteiger charge is -2.19. The molecule has 0 radical (unpaired) electrons. The van der Waals surface area contributed by atoms with Crippen molar-refractivity contribution < 1.29 is 18.7 Å². The lowest BCUT2D eigenvalue weighted by atomic mass is 10.0. The van der Waals surface area contributed by atoms with E-state index in [1.807, 2.05) is 13.8 Å². The van der Waals surface area contributed by atoms with E-state index in [1.165, 1.54) is 7.11 Å². The Kier molecular flexibility index (Phi) is 4.95. The van der Waals surface area contributed by atoms with Crippen molar-refractivity contribution in [3.63, 3.8) is 0 Å². The van der Waals surface area contributed by atoms with Crippen LogP contribution in [0.25, 0.3) is 0 Å². The third kappa shape index (κ3) is 3.35. The van der Waals surface area contributed by atoms with E-state index in [-0.39, 0.29) is 11.7 Å². The summed E-state index contributed by atoms with van der Waals surface area (Å²) < 4.78 is 10.4. The molecule has 1 N–H and O–H groups in total. The number of furan rings is 1. The topological polar surface area (TPSA) is 68.5 Å². The zero-order valence-corrected chi connectivity index (χ0v) is 12.3. The minimum atomic E-state index is -0.689. The molecule has 0 spiro atoms. The molecule has 0 saturated heterocycles. The van der Waals surface area contributed by atoms with Gasteiger partial charge in [-0.1, -0.05) is 13.8 Å². The first-order chi connectivity index (χ1) is 8.36. The van der Waals surface area contributed by atoms with Gasteiger partial charge in [0.05, 0.1) is 7.11 Å². The number of methoxy groups -OCH3 is 1. The molecule has 1 rings (SSSR count). The van der Waals surface area contributed by atoms with Crippen molar-refractivity contribution in [3.05, 3.63) is 22.1 Å². The molecular weight excluding hydrogens is 302 g/mol. The van der Waals surface area contributed by atoms with Gasteiger partial charge in [-0.25, -0.2) is 4.79 Å². The second-order valence-corrected chi connectivity index (χ2v) is 5.06. The predicted molar refractivity (Wildman–Crippen MR) is 69.3 cm³/mol. The summed E-state index contributed by atoms with van der Waals surface area (Å²) in [6.07, 6.45) is 0. The van der Waals surface area contributed by atoms with E-state index in [1.54, 1.807) is 13.0 Å². The Morgan fingerprint density at radius 1 is 1.44 bits per heavy atom. The molecule has 0 aromatic carbocycles. The van der Waals surface area contributed by atoms with Crippen molar-refractivity contribution in [2.75, 3.05) is 7.11 Å². The number of nitrogens with one attached hydrogen (secondary N) is 1. The van der Waals surface area contributed by atoms with Gasteiger partial charge in [0.1, 0.15) is 6.04 Å². The van der Waals surface area contributed by atoms with Crippen molar-refractivity contribution >= 4 is 27.8 Å². The molecule has 18 heavy (non-hydrogen) atoms. The summed E-state index contributed by atoms with van der Waals surface area (Å²) >= 11 is 3.15. The average Bonchev–Trinajstić information content (AvgIpc) is 2.63. The molecule has 0 bridgehead atoms. The van der Waals surface area contributed by atoms with Crippen LogP contribution in [0, 0.1) is 12.8 Å². The van der Waals surface area contributed by atoms with Crippen LogP contribution in [-0.4, -0.2) is 25.0 Å². The highest BCUT2D eigenvalue weighted by Crippen LogP contribution is 2.19. The average molecular weight is 318 g/mol. The van der Waals surface area contributed by atoms with Crippen LogP contribution in [0.1, 0.15) is 30.0 Å². The minimum Gasteiger partial charge on any atom is -0.467 e. The van der Waals surface area contributed by atoms with Gasteiger partial charge in [-0.3, -0.25) is 4.79 Å². The quantitative estimate of drug-likeness (QED) is 0.865. The lowest BCUT2D eigenvalue weighted by Crippen LogP contribution is -2.45. The van der Waals surface area contributed by atoms with Crippen molar-refractivity contribution in [2.45, 2.75) is 26.8 Å². The second-order valence-electron chi connectivity index (χ2n) is 4.28. The molecule has 0 aliphatic carbocycles. The molecule has 1 atom stereocenters. The van der Waals surface area contributed by atoms with E-state index >= 15 is 0 Å². The summed E-state index contributed by atoms with van der Waals surface area (Å²) in [6, 6.07) is 1.00. The van der Waals surface area contributed by atoms with E-state index in [0.717, 1.165) is 0 Å². The Morgan fingerprint density at radius 2 is 2.06 bits per heavy atom. The molecule has 1 aromatic heterocycles. The van der Waals surface area contributed by atoms with Crippen molar-refractivity contribution in [2.24, 2.45) is 5.92 Å². The van der Waals surface area contributed by atoms with Crippen LogP contribution in [0.15, 0.2) is 15.2 Å². The van der Waals surface area contributed by atoms with Crippen LogP contribution < -0.4 is 5.32 Å². The molecular formula is C12H16BrNO4. The Hall–Kier alpha value is -1.30. The van der Waals surface area contributed by atoms with Gasteiger partial charge < -0.3 is 14.5 Å². The molecule has 0 saturated carbocycles. The number of ether oxygens (including phenoxy) is 1. The fraction of sp³-hybridized carbons (Fsp3) is 0.500. The van der Waals surface area contributed by atoms with Crippen LogP contribution in [0.3, 0.4) is 0 Å². The standard InChI is InChI=1S/C12H16BrNO4/c1-6(2)9(12(16)17-4)14-11(15)10-7(3)5-8(13)18-10/h5-6,9H,1-4H3,(H,14,15). The number of halogens is 1. The smallest absolute Gasteiger partial charge is 0.328 e. The Bertz CT molecular complexity index is 453. The summed E-state index contributed by atoms with van der Waals surface area (Å²) in [5.41, 5.74) is 0.701. The van der Waals surface area contributed by atoms with E-state index in [2.05, 4.69) is 26.0 Å². The molecule has 6 heteroatoms. The van der Waals surface area contributed by atoms with Crippen LogP contribution in [0.4, 0.5) is 0 Å². The van der Waals surface area contributed by atoms with Crippen molar-refractivity contribution in [3.8, 4) is 0 Å². The molecule has 5 nitrogen and oxygen atoms in total. The van der Waals surface area contributed by atoms with Crippen molar-refractivity contribution in [1.29, 1.82) is 0 Å². The molecule has 0 aliphatic heterocycles. The van der Waals surface area contributed by atoms with Gasteiger partial charge in [0.2, 0.25) is 0 Å². The highest BCUT2D eigenvalue weighted by molar-refractivity contribution is 9.10. The number of esters is 1. The zero-order valence-electron chi connectivity index (χ0n) is 10.7. The molecule has 1 aromatic rings. The van der Waals surface area contributed by atoms with E-state index < -0.39 is 17.9 Å². The molecule has 1 unspecified atom stereocenters. The number of hydrogen-bond acceptors (Lipinski definition) is 4. The first kappa shape index (κ1) is 14.8. The van der Waals surface area contributed by atoms with Crippen molar-refractivity contribution in [1.82, 2.24) is 5.32 Å². The van der Waals surface area contributed by atoms with E-state index in [0.29, 0.717) is 10.2 Å². The van der Waals surface area contributed by atoms with E-state index in [9.17, 15) is 9.59 Å². The highest BCUT2D eigenvalue weighted by atomic mass is 79.9. The number of carbonyl (C=O) groups is 2. The van der Waals surface area contributed by atoms with Gasteiger partial charge in [0.25, 0.3) is 5.91 Å². The van der Waals surface area contributed by atoms with Gasteiger partial charge in [0, 0.05) is 5.56 Å². The maximum absolute atomic E-state index is 12.0. The number of carbonyl (C=O) groups excluding carboxylic acids is 2. The van der Waals surface area contributed by atoms with Crippen LogP contribution in [0.5, 0.6) is 0 Å². The normalized spacial score (nSPS) is 12.3. The number of hydrogen-bond donors (Lipinski definition) is 1. The van der Waals surface area contributed by atoms with Gasteiger partial charge in [-0.15, -0.1) is 0 Å². The van der Waals surface area contributed by atoms with Gasteiger partial charge in [-0.2, -0.15) is 0 Å². The minimum absolute atomic E-state index is 0.0693. The number of aryl methyl sites for hydroxylation is 1. The molecule has 1 amide bonds. The molecule has 0 fully saturated rings. The Morgan fingerprint density at radius 3 is 2.44 bits per heavy atom. The summed E-state index contributed by atoms with van der Waals surface area (Å²) in [4.78, 5) is 23.5. The monoisotopic (exact) mass is 317 g/mol. The van der Waals surface area contributed by atoms with Gasteiger partial charge >= 0.3 is 5.97 Å². The SMILES string of the molecule is COC(=O)C(NC(=O)c1oc(Br)cc1C)C(C)C. The van der Waals surface area contributed by atoms with Crippen LogP contribution >= 0.6 is 15.9 Å². The van der Waals surface area contributed by atoms with E-state index in [4.69, 9.17) is 4.42 Å². The summed E-state index contributed by atoms with van der Waals surface area (Å²) in [5.74, 6) is -0.777. The maximum Gasteiger partial charge on any atom is 0.328 e. The zero-order chi connectivity index (χ0) is 13.9. The first-order valence-electron chi connectivity index (χ1n) is 5.51. The third-order valence-electron chi connectivity index (χ3n) is 2.50. The molecule has 1 heterocycles. The predicted octanol–water partition coefficient (Wildman–Crippen LogP) is 2.28. The molecule has 100 valence electrons. The third-order valence-corrected chi connectivity index (χ3v) is 2.89. The maximum atomic E-state index is 12.0. The fourth-order valence-corrected chi connectivity index (χ4v) is 2.01. The number of amides is 1. The summed E-state index contributed by atoms with van der Waals surface area (Å²) in [7, 11) is 1.29. The number of rotatable bonds is 4.